The van der Waals surface area contributed by atoms with Gasteiger partial charge in [0, 0.05) is 12.7 Å². The number of aryl methyl sites for hydroxylation is 5. The summed E-state index contributed by atoms with van der Waals surface area (Å²) < 4.78 is 1.87. The molecule has 0 N–H and O–H groups in total. The van der Waals surface area contributed by atoms with Crippen LogP contribution in [0.2, 0.25) is 0 Å². The smallest absolute Gasteiger partial charge is 0.0830 e. The van der Waals surface area contributed by atoms with Crippen LogP contribution in [0.5, 0.6) is 0 Å². The van der Waals surface area contributed by atoms with E-state index in [1.165, 1.54) is 16.7 Å². The van der Waals surface area contributed by atoms with Gasteiger partial charge >= 0.3 is 0 Å². The lowest BCUT2D eigenvalue weighted by molar-refractivity contribution is 0.626. The lowest BCUT2D eigenvalue weighted by Crippen LogP contribution is -1.95. The van der Waals surface area contributed by atoms with Crippen LogP contribution in [-0.2, 0) is 19.4 Å². The van der Waals surface area contributed by atoms with E-state index in [0.29, 0.717) is 0 Å². The number of benzene rings is 1. The van der Waals surface area contributed by atoms with Gasteiger partial charge in [0.2, 0.25) is 0 Å². The largest absolute Gasteiger partial charge is 0.253 e. The van der Waals surface area contributed by atoms with Gasteiger partial charge < -0.3 is 0 Å². The van der Waals surface area contributed by atoms with E-state index in [4.69, 9.17) is 0 Å². The fourth-order valence-corrected chi connectivity index (χ4v) is 1.94. The molecule has 0 spiro atoms. The van der Waals surface area contributed by atoms with Gasteiger partial charge in [0.05, 0.1) is 5.69 Å². The van der Waals surface area contributed by atoms with Crippen molar-refractivity contribution in [3.8, 4) is 0 Å². The van der Waals surface area contributed by atoms with Crippen molar-refractivity contribution >= 4 is 0 Å². The maximum atomic E-state index is 4.17. The molecule has 0 aliphatic heterocycles. The van der Waals surface area contributed by atoms with Crippen LogP contribution in [0.25, 0.3) is 0 Å². The van der Waals surface area contributed by atoms with Crippen molar-refractivity contribution in [2.24, 2.45) is 0 Å². The fourth-order valence-electron chi connectivity index (χ4n) is 1.94. The molecule has 0 atom stereocenters. The van der Waals surface area contributed by atoms with Gasteiger partial charge in [-0.1, -0.05) is 29.0 Å². The molecule has 0 unspecified atom stereocenters. The first-order chi connectivity index (χ1) is 8.19. The quantitative estimate of drug-likeness (QED) is 0.807. The highest BCUT2D eigenvalue weighted by atomic mass is 15.4. The maximum absolute atomic E-state index is 4.17. The van der Waals surface area contributed by atoms with Gasteiger partial charge in [-0.2, -0.15) is 0 Å². The Labute approximate surface area is 102 Å². The summed E-state index contributed by atoms with van der Waals surface area (Å²) >= 11 is 0. The van der Waals surface area contributed by atoms with E-state index in [9.17, 15) is 0 Å². The predicted molar refractivity (Wildman–Crippen MR) is 69.0 cm³/mol. The second-order valence-electron chi connectivity index (χ2n) is 4.50. The van der Waals surface area contributed by atoms with Gasteiger partial charge in [0.15, 0.2) is 0 Å². The third-order valence-corrected chi connectivity index (χ3v) is 3.07. The number of hydrogen-bond donors (Lipinski definition) is 0. The number of hydrogen-bond acceptors (Lipinski definition) is 2. The SMILES string of the molecule is CCn1cc(CCc2cc(C)ccc2C)nn1. The second kappa shape index (κ2) is 5.13. The average Bonchev–Trinajstić information content (AvgIpc) is 2.78. The Morgan fingerprint density at radius 2 is 2.00 bits per heavy atom. The Bertz CT molecular complexity index is 500. The molecule has 0 saturated carbocycles. The van der Waals surface area contributed by atoms with Crippen LogP contribution in [-0.4, -0.2) is 15.0 Å². The maximum Gasteiger partial charge on any atom is 0.0830 e. The Hall–Kier alpha value is -1.64. The first kappa shape index (κ1) is 11.8. The van der Waals surface area contributed by atoms with E-state index in [2.05, 4.69) is 49.3 Å². The monoisotopic (exact) mass is 229 g/mol. The molecule has 2 rings (SSSR count). The summed E-state index contributed by atoms with van der Waals surface area (Å²) in [4.78, 5) is 0. The molecule has 0 radical (unpaired) electrons. The molecular weight excluding hydrogens is 210 g/mol. The van der Waals surface area contributed by atoms with E-state index >= 15 is 0 Å². The van der Waals surface area contributed by atoms with Crippen LogP contribution in [0.3, 0.4) is 0 Å². The third-order valence-electron chi connectivity index (χ3n) is 3.07. The summed E-state index contributed by atoms with van der Waals surface area (Å²) in [5.41, 5.74) is 5.17. The summed E-state index contributed by atoms with van der Waals surface area (Å²) in [6, 6.07) is 6.61. The number of rotatable bonds is 4. The van der Waals surface area contributed by atoms with Crippen LogP contribution in [0.4, 0.5) is 0 Å². The van der Waals surface area contributed by atoms with Crippen molar-refractivity contribution in [2.45, 2.75) is 40.2 Å². The van der Waals surface area contributed by atoms with Crippen molar-refractivity contribution in [1.82, 2.24) is 15.0 Å². The predicted octanol–water partition coefficient (Wildman–Crippen LogP) is 2.70. The Morgan fingerprint density at radius 3 is 2.71 bits per heavy atom. The Morgan fingerprint density at radius 1 is 1.18 bits per heavy atom. The molecule has 1 aromatic carbocycles. The standard InChI is InChI=1S/C14H19N3/c1-4-17-10-14(15-16-17)8-7-13-9-11(2)5-6-12(13)3/h5-6,9-10H,4,7-8H2,1-3H3. The van der Waals surface area contributed by atoms with Crippen molar-refractivity contribution in [2.75, 3.05) is 0 Å². The number of aromatic nitrogens is 3. The van der Waals surface area contributed by atoms with Crippen LogP contribution >= 0.6 is 0 Å². The molecule has 0 bridgehead atoms. The van der Waals surface area contributed by atoms with Crippen LogP contribution in [0, 0.1) is 13.8 Å². The van der Waals surface area contributed by atoms with Crippen LogP contribution in [0.1, 0.15) is 29.3 Å². The Kier molecular flexibility index (Phi) is 3.57. The molecule has 0 aliphatic carbocycles. The lowest BCUT2D eigenvalue weighted by atomic mass is 10.0. The van der Waals surface area contributed by atoms with E-state index in [1.807, 2.05) is 10.9 Å². The first-order valence-electron chi connectivity index (χ1n) is 6.14. The van der Waals surface area contributed by atoms with Gasteiger partial charge in [-0.3, -0.25) is 4.68 Å². The zero-order chi connectivity index (χ0) is 12.3. The first-order valence-corrected chi connectivity index (χ1v) is 6.14. The molecule has 3 heteroatoms. The molecule has 3 nitrogen and oxygen atoms in total. The lowest BCUT2D eigenvalue weighted by Gasteiger charge is -2.05. The molecule has 0 fully saturated rings. The minimum Gasteiger partial charge on any atom is -0.253 e. The van der Waals surface area contributed by atoms with Crippen LogP contribution < -0.4 is 0 Å². The highest BCUT2D eigenvalue weighted by molar-refractivity contribution is 5.30. The van der Waals surface area contributed by atoms with Crippen molar-refractivity contribution in [3.63, 3.8) is 0 Å². The molecule has 90 valence electrons. The van der Waals surface area contributed by atoms with E-state index in [-0.39, 0.29) is 0 Å². The van der Waals surface area contributed by atoms with Gasteiger partial charge in [0.1, 0.15) is 0 Å². The average molecular weight is 229 g/mol. The summed E-state index contributed by atoms with van der Waals surface area (Å²) in [5, 5.41) is 8.22. The second-order valence-corrected chi connectivity index (χ2v) is 4.50. The van der Waals surface area contributed by atoms with Crippen LogP contribution in [0.15, 0.2) is 24.4 Å². The molecule has 0 amide bonds. The highest BCUT2D eigenvalue weighted by Crippen LogP contribution is 2.13. The summed E-state index contributed by atoms with van der Waals surface area (Å²) in [5.74, 6) is 0. The highest BCUT2D eigenvalue weighted by Gasteiger charge is 2.03. The minimum absolute atomic E-state index is 0.885. The third kappa shape index (κ3) is 2.93. The molecule has 1 heterocycles. The topological polar surface area (TPSA) is 30.7 Å². The fraction of sp³-hybridized carbons (Fsp3) is 0.429. The summed E-state index contributed by atoms with van der Waals surface area (Å²) in [7, 11) is 0. The van der Waals surface area contributed by atoms with Gasteiger partial charge in [-0.15, -0.1) is 5.10 Å². The van der Waals surface area contributed by atoms with E-state index in [0.717, 1.165) is 25.1 Å². The summed E-state index contributed by atoms with van der Waals surface area (Å²) in [6.45, 7) is 7.26. The van der Waals surface area contributed by atoms with Gasteiger partial charge in [-0.05, 0) is 44.7 Å². The minimum atomic E-state index is 0.885. The zero-order valence-corrected chi connectivity index (χ0v) is 10.8. The Balaban J connectivity index is 2.04. The van der Waals surface area contributed by atoms with Gasteiger partial charge in [0.25, 0.3) is 0 Å². The molecule has 1 aromatic heterocycles. The summed E-state index contributed by atoms with van der Waals surface area (Å²) in [6.07, 6.45) is 4.03. The zero-order valence-electron chi connectivity index (χ0n) is 10.8. The van der Waals surface area contributed by atoms with Crippen molar-refractivity contribution in [3.05, 3.63) is 46.8 Å². The number of nitrogens with zero attached hydrogens (tertiary/aromatic N) is 3. The van der Waals surface area contributed by atoms with Gasteiger partial charge in [-0.25, -0.2) is 0 Å². The molecular formula is C14H19N3. The van der Waals surface area contributed by atoms with Crippen molar-refractivity contribution in [1.29, 1.82) is 0 Å². The molecule has 17 heavy (non-hydrogen) atoms. The molecule has 0 saturated heterocycles. The van der Waals surface area contributed by atoms with E-state index in [1.54, 1.807) is 0 Å². The molecule has 2 aromatic rings. The van der Waals surface area contributed by atoms with E-state index < -0.39 is 0 Å². The molecule has 0 aliphatic rings. The normalized spacial score (nSPS) is 10.8. The van der Waals surface area contributed by atoms with Crippen molar-refractivity contribution < 1.29 is 0 Å².